The zero-order valence-corrected chi connectivity index (χ0v) is 13.4. The highest BCUT2D eigenvalue weighted by Crippen LogP contribution is 2.21. The predicted octanol–water partition coefficient (Wildman–Crippen LogP) is 3.90. The molecule has 1 aliphatic carbocycles. The SMILES string of the molecule is CC1CCCC/C1=N\NC(=O)COc1ccc2ccccc2c1. The van der Waals surface area contributed by atoms with E-state index >= 15 is 0 Å². The van der Waals surface area contributed by atoms with Crippen LogP contribution in [0.5, 0.6) is 5.75 Å². The number of nitrogens with zero attached hydrogens (tertiary/aromatic N) is 1. The Labute approximate surface area is 136 Å². The van der Waals surface area contributed by atoms with Crippen molar-refractivity contribution in [2.75, 3.05) is 6.61 Å². The fourth-order valence-corrected chi connectivity index (χ4v) is 2.91. The third kappa shape index (κ3) is 4.09. The lowest BCUT2D eigenvalue weighted by Crippen LogP contribution is -2.28. The van der Waals surface area contributed by atoms with Gasteiger partial charge in [-0.15, -0.1) is 0 Å². The monoisotopic (exact) mass is 310 g/mol. The number of rotatable bonds is 4. The molecule has 0 spiro atoms. The maximum Gasteiger partial charge on any atom is 0.277 e. The van der Waals surface area contributed by atoms with Crippen molar-refractivity contribution in [2.24, 2.45) is 11.0 Å². The van der Waals surface area contributed by atoms with Crippen LogP contribution in [-0.4, -0.2) is 18.2 Å². The molecule has 0 radical (unpaired) electrons. The molecule has 0 heterocycles. The minimum Gasteiger partial charge on any atom is -0.484 e. The van der Waals surface area contributed by atoms with Gasteiger partial charge in [0.2, 0.25) is 0 Å². The van der Waals surface area contributed by atoms with Gasteiger partial charge >= 0.3 is 0 Å². The highest BCUT2D eigenvalue weighted by Gasteiger charge is 2.16. The molecule has 3 rings (SSSR count). The summed E-state index contributed by atoms with van der Waals surface area (Å²) in [6, 6.07) is 13.9. The van der Waals surface area contributed by atoms with Gasteiger partial charge < -0.3 is 4.74 Å². The van der Waals surface area contributed by atoms with E-state index in [4.69, 9.17) is 4.74 Å². The quantitative estimate of drug-likeness (QED) is 0.871. The predicted molar refractivity (Wildman–Crippen MR) is 92.7 cm³/mol. The Hall–Kier alpha value is -2.36. The van der Waals surface area contributed by atoms with Crippen LogP contribution in [0.2, 0.25) is 0 Å². The Morgan fingerprint density at radius 2 is 2.04 bits per heavy atom. The molecule has 1 amide bonds. The van der Waals surface area contributed by atoms with Gasteiger partial charge in [0.05, 0.1) is 0 Å². The first-order valence-corrected chi connectivity index (χ1v) is 8.19. The van der Waals surface area contributed by atoms with Crippen LogP contribution >= 0.6 is 0 Å². The van der Waals surface area contributed by atoms with Crippen molar-refractivity contribution < 1.29 is 9.53 Å². The number of carbonyl (C=O) groups is 1. The van der Waals surface area contributed by atoms with E-state index in [0.717, 1.165) is 35.7 Å². The number of fused-ring (bicyclic) bond motifs is 1. The molecule has 23 heavy (non-hydrogen) atoms. The van der Waals surface area contributed by atoms with Crippen LogP contribution in [0.25, 0.3) is 10.8 Å². The van der Waals surface area contributed by atoms with Gasteiger partial charge in [-0.1, -0.05) is 43.7 Å². The highest BCUT2D eigenvalue weighted by molar-refractivity contribution is 5.89. The molecule has 1 fully saturated rings. The lowest BCUT2D eigenvalue weighted by Gasteiger charge is -2.19. The number of hydrazone groups is 1. The van der Waals surface area contributed by atoms with Gasteiger partial charge in [-0.05, 0) is 48.1 Å². The summed E-state index contributed by atoms with van der Waals surface area (Å²) in [7, 11) is 0. The van der Waals surface area contributed by atoms with Gasteiger partial charge in [0.15, 0.2) is 6.61 Å². The van der Waals surface area contributed by atoms with E-state index in [9.17, 15) is 4.79 Å². The molecule has 0 bridgehead atoms. The number of nitrogens with one attached hydrogen (secondary N) is 1. The van der Waals surface area contributed by atoms with Gasteiger partial charge in [-0.3, -0.25) is 4.79 Å². The first kappa shape index (κ1) is 15.5. The van der Waals surface area contributed by atoms with Crippen LogP contribution in [0.3, 0.4) is 0 Å². The summed E-state index contributed by atoms with van der Waals surface area (Å²) in [6.45, 7) is 2.14. The summed E-state index contributed by atoms with van der Waals surface area (Å²) in [5.41, 5.74) is 3.71. The summed E-state index contributed by atoms with van der Waals surface area (Å²) in [6.07, 6.45) is 4.54. The number of ether oxygens (including phenoxy) is 1. The molecule has 4 nitrogen and oxygen atoms in total. The van der Waals surface area contributed by atoms with E-state index in [-0.39, 0.29) is 12.5 Å². The first-order chi connectivity index (χ1) is 11.2. The summed E-state index contributed by atoms with van der Waals surface area (Å²) >= 11 is 0. The molecule has 1 saturated carbocycles. The molecule has 2 aromatic carbocycles. The van der Waals surface area contributed by atoms with E-state index in [1.165, 1.54) is 6.42 Å². The fourth-order valence-electron chi connectivity index (χ4n) is 2.91. The Balaban J connectivity index is 1.54. The summed E-state index contributed by atoms with van der Waals surface area (Å²) < 4.78 is 5.56. The number of benzene rings is 2. The molecule has 4 heteroatoms. The Bertz CT molecular complexity index is 724. The second-order valence-electron chi connectivity index (χ2n) is 6.08. The van der Waals surface area contributed by atoms with Crippen molar-refractivity contribution in [3.8, 4) is 5.75 Å². The summed E-state index contributed by atoms with van der Waals surface area (Å²) in [4.78, 5) is 11.9. The van der Waals surface area contributed by atoms with Crippen LogP contribution in [-0.2, 0) is 4.79 Å². The van der Waals surface area contributed by atoms with Crippen LogP contribution < -0.4 is 10.2 Å². The van der Waals surface area contributed by atoms with Crippen molar-refractivity contribution in [1.82, 2.24) is 5.43 Å². The van der Waals surface area contributed by atoms with Gasteiger partial charge in [0.25, 0.3) is 5.91 Å². The van der Waals surface area contributed by atoms with E-state index in [2.05, 4.69) is 17.5 Å². The average Bonchev–Trinajstić information content (AvgIpc) is 2.59. The largest absolute Gasteiger partial charge is 0.484 e. The molecule has 1 atom stereocenters. The van der Waals surface area contributed by atoms with Crippen LogP contribution in [0.4, 0.5) is 0 Å². The molecular formula is C19H22N2O2. The Morgan fingerprint density at radius 1 is 1.22 bits per heavy atom. The third-order valence-corrected chi connectivity index (χ3v) is 4.30. The lowest BCUT2D eigenvalue weighted by atomic mass is 9.89. The van der Waals surface area contributed by atoms with E-state index in [1.807, 2.05) is 42.5 Å². The van der Waals surface area contributed by atoms with Crippen LogP contribution in [0.1, 0.15) is 32.6 Å². The maximum absolute atomic E-state index is 11.9. The van der Waals surface area contributed by atoms with Gasteiger partial charge in [0, 0.05) is 5.71 Å². The molecule has 0 saturated heterocycles. The van der Waals surface area contributed by atoms with Gasteiger partial charge in [-0.25, -0.2) is 5.43 Å². The second-order valence-corrected chi connectivity index (χ2v) is 6.08. The number of amides is 1. The summed E-state index contributed by atoms with van der Waals surface area (Å²) in [5.74, 6) is 0.937. The second kappa shape index (κ2) is 7.27. The van der Waals surface area contributed by atoms with Crippen molar-refractivity contribution in [3.05, 3.63) is 42.5 Å². The van der Waals surface area contributed by atoms with Crippen molar-refractivity contribution in [1.29, 1.82) is 0 Å². The normalized spacial score (nSPS) is 19.7. The standard InChI is InChI=1S/C19H22N2O2/c1-14-6-2-5-9-18(14)20-21-19(22)13-23-17-11-10-15-7-3-4-8-16(15)12-17/h3-4,7-8,10-12,14H,2,5-6,9,13H2,1H3,(H,21,22)/b20-18+. The Kier molecular flexibility index (Phi) is 4.91. The molecule has 0 aliphatic heterocycles. The minimum atomic E-state index is -0.219. The molecule has 1 aliphatic rings. The molecule has 1 N–H and O–H groups in total. The summed E-state index contributed by atoms with van der Waals surface area (Å²) in [5, 5.41) is 6.52. The van der Waals surface area contributed by atoms with E-state index in [0.29, 0.717) is 11.7 Å². The fraction of sp³-hybridized carbons (Fsp3) is 0.368. The minimum absolute atomic E-state index is 0.0243. The zero-order chi connectivity index (χ0) is 16.1. The zero-order valence-electron chi connectivity index (χ0n) is 13.4. The topological polar surface area (TPSA) is 50.7 Å². The van der Waals surface area contributed by atoms with Crippen molar-refractivity contribution >= 4 is 22.4 Å². The van der Waals surface area contributed by atoms with E-state index < -0.39 is 0 Å². The molecule has 0 aromatic heterocycles. The molecular weight excluding hydrogens is 288 g/mol. The first-order valence-electron chi connectivity index (χ1n) is 8.19. The van der Waals surface area contributed by atoms with Crippen LogP contribution in [0.15, 0.2) is 47.6 Å². The smallest absolute Gasteiger partial charge is 0.277 e. The van der Waals surface area contributed by atoms with E-state index in [1.54, 1.807) is 0 Å². The van der Waals surface area contributed by atoms with Crippen LogP contribution in [0, 0.1) is 5.92 Å². The molecule has 120 valence electrons. The Morgan fingerprint density at radius 3 is 2.87 bits per heavy atom. The number of hydrogen-bond acceptors (Lipinski definition) is 3. The number of hydrogen-bond donors (Lipinski definition) is 1. The maximum atomic E-state index is 11.9. The van der Waals surface area contributed by atoms with Crippen molar-refractivity contribution in [2.45, 2.75) is 32.6 Å². The number of carbonyl (C=O) groups excluding carboxylic acids is 1. The van der Waals surface area contributed by atoms with Gasteiger partial charge in [0.1, 0.15) is 5.75 Å². The molecule has 2 aromatic rings. The molecule has 1 unspecified atom stereocenters. The third-order valence-electron chi connectivity index (χ3n) is 4.30. The highest BCUT2D eigenvalue weighted by atomic mass is 16.5. The van der Waals surface area contributed by atoms with Crippen molar-refractivity contribution in [3.63, 3.8) is 0 Å². The van der Waals surface area contributed by atoms with Gasteiger partial charge in [-0.2, -0.15) is 5.10 Å². The average molecular weight is 310 g/mol. The lowest BCUT2D eigenvalue weighted by molar-refractivity contribution is -0.123.